The summed E-state index contributed by atoms with van der Waals surface area (Å²) in [5, 5.41) is 16.5. The van der Waals surface area contributed by atoms with Crippen molar-refractivity contribution in [2.45, 2.75) is 25.5 Å². The van der Waals surface area contributed by atoms with Gasteiger partial charge in [0.15, 0.2) is 0 Å². The summed E-state index contributed by atoms with van der Waals surface area (Å²) in [6.45, 7) is 1.77. The van der Waals surface area contributed by atoms with Gasteiger partial charge in [-0.15, -0.1) is 24.8 Å². The number of hydrogen-bond acceptors (Lipinski definition) is 6. The van der Waals surface area contributed by atoms with Crippen molar-refractivity contribution in [1.82, 2.24) is 14.9 Å². The maximum absolute atomic E-state index is 12.7. The van der Waals surface area contributed by atoms with Gasteiger partial charge in [0.05, 0.1) is 25.2 Å². The van der Waals surface area contributed by atoms with Gasteiger partial charge in [-0.3, -0.25) is 4.79 Å². The molecule has 0 bridgehead atoms. The predicted molar refractivity (Wildman–Crippen MR) is 160 cm³/mol. The molecule has 0 unspecified atom stereocenters. The van der Waals surface area contributed by atoms with Gasteiger partial charge in [-0.25, -0.2) is 9.78 Å². The largest absolute Gasteiger partial charge is 0.465 e. The summed E-state index contributed by atoms with van der Waals surface area (Å²) >= 11 is 0. The number of aliphatic hydroxyl groups excluding tert-OH is 1. The Morgan fingerprint density at radius 2 is 1.62 bits per heavy atom. The zero-order valence-corrected chi connectivity index (χ0v) is 23.8. The van der Waals surface area contributed by atoms with Gasteiger partial charge in [0.1, 0.15) is 5.82 Å². The van der Waals surface area contributed by atoms with Gasteiger partial charge in [-0.05, 0) is 53.9 Å². The molecule has 1 amide bonds. The quantitative estimate of drug-likeness (QED) is 0.166. The minimum atomic E-state index is -0.531. The highest BCUT2D eigenvalue weighted by Gasteiger charge is 2.11. The summed E-state index contributed by atoms with van der Waals surface area (Å²) in [4.78, 5) is 28.6. The summed E-state index contributed by atoms with van der Waals surface area (Å²) in [6, 6.07) is 24.5. The van der Waals surface area contributed by atoms with Crippen molar-refractivity contribution in [1.29, 1.82) is 0 Å². The highest BCUT2D eigenvalue weighted by atomic mass is 35.5. The Morgan fingerprint density at radius 3 is 2.30 bits per heavy atom. The first-order valence-electron chi connectivity index (χ1n) is 12.5. The van der Waals surface area contributed by atoms with E-state index >= 15 is 0 Å². The fraction of sp³-hybridized carbons (Fsp3) is 0.233. The lowest BCUT2D eigenvalue weighted by Gasteiger charge is -2.12. The van der Waals surface area contributed by atoms with Crippen molar-refractivity contribution in [3.63, 3.8) is 0 Å². The number of hydrogen-bond donors (Lipinski definition) is 3. The van der Waals surface area contributed by atoms with Gasteiger partial charge in [0.2, 0.25) is 5.91 Å². The van der Waals surface area contributed by atoms with Crippen LogP contribution in [-0.2, 0) is 28.9 Å². The third kappa shape index (κ3) is 9.50. The SMILES string of the molecule is COC(=O)c1ccc(Cn2ccnc2CC(=O)Nc2ccc(CCNC[C@H](O)c3ccccc3)cc2)cc1.Cl.Cl. The van der Waals surface area contributed by atoms with E-state index in [-0.39, 0.29) is 43.1 Å². The molecule has 10 heteroatoms. The van der Waals surface area contributed by atoms with Crippen LogP contribution < -0.4 is 10.6 Å². The first-order chi connectivity index (χ1) is 18.5. The van der Waals surface area contributed by atoms with E-state index in [0.29, 0.717) is 24.5 Å². The second-order valence-electron chi connectivity index (χ2n) is 8.96. The number of rotatable bonds is 12. The minimum Gasteiger partial charge on any atom is -0.465 e. The van der Waals surface area contributed by atoms with Crippen LogP contribution in [0, 0.1) is 0 Å². The fourth-order valence-corrected chi connectivity index (χ4v) is 4.08. The molecular formula is C30H34Cl2N4O4. The van der Waals surface area contributed by atoms with Crippen molar-refractivity contribution in [2.75, 3.05) is 25.5 Å². The lowest BCUT2D eigenvalue weighted by Crippen LogP contribution is -2.23. The van der Waals surface area contributed by atoms with E-state index in [2.05, 4.69) is 15.6 Å². The molecule has 0 saturated carbocycles. The number of carbonyl (C=O) groups is 2. The highest BCUT2D eigenvalue weighted by Crippen LogP contribution is 2.13. The number of nitrogens with one attached hydrogen (secondary N) is 2. The summed E-state index contributed by atoms with van der Waals surface area (Å²) in [5.41, 5.74) is 4.24. The van der Waals surface area contributed by atoms with Crippen molar-refractivity contribution < 1.29 is 19.4 Å². The van der Waals surface area contributed by atoms with Crippen LogP contribution in [-0.4, -0.2) is 46.7 Å². The molecule has 0 saturated heterocycles. The molecule has 1 atom stereocenters. The first kappa shape index (κ1) is 32.5. The van der Waals surface area contributed by atoms with E-state index in [4.69, 9.17) is 4.74 Å². The highest BCUT2D eigenvalue weighted by molar-refractivity contribution is 5.92. The van der Waals surface area contributed by atoms with Gasteiger partial charge in [-0.2, -0.15) is 0 Å². The van der Waals surface area contributed by atoms with Crippen LogP contribution in [0.5, 0.6) is 0 Å². The van der Waals surface area contributed by atoms with E-state index in [1.807, 2.05) is 77.5 Å². The number of imidazole rings is 1. The zero-order chi connectivity index (χ0) is 26.7. The van der Waals surface area contributed by atoms with Crippen molar-refractivity contribution in [3.05, 3.63) is 119 Å². The van der Waals surface area contributed by atoms with E-state index in [0.717, 1.165) is 35.3 Å². The van der Waals surface area contributed by atoms with Gasteiger partial charge in [0.25, 0.3) is 0 Å². The monoisotopic (exact) mass is 584 g/mol. The molecule has 3 aromatic carbocycles. The van der Waals surface area contributed by atoms with E-state index in [1.165, 1.54) is 7.11 Å². The van der Waals surface area contributed by atoms with Gasteiger partial charge in [-0.1, -0.05) is 54.6 Å². The van der Waals surface area contributed by atoms with Crippen LogP contribution in [0.4, 0.5) is 5.69 Å². The van der Waals surface area contributed by atoms with Crippen LogP contribution in [0.3, 0.4) is 0 Å². The van der Waals surface area contributed by atoms with Crippen LogP contribution in [0.2, 0.25) is 0 Å². The Hall–Kier alpha value is -3.69. The molecule has 212 valence electrons. The van der Waals surface area contributed by atoms with Crippen LogP contribution in [0.1, 0.15) is 39.0 Å². The smallest absolute Gasteiger partial charge is 0.337 e. The third-order valence-electron chi connectivity index (χ3n) is 6.20. The molecule has 0 aliphatic heterocycles. The van der Waals surface area contributed by atoms with Crippen molar-refractivity contribution in [3.8, 4) is 0 Å². The molecule has 0 radical (unpaired) electrons. The molecule has 40 heavy (non-hydrogen) atoms. The maximum Gasteiger partial charge on any atom is 0.337 e. The number of nitrogens with zero attached hydrogens (tertiary/aromatic N) is 2. The topological polar surface area (TPSA) is 105 Å². The minimum absolute atomic E-state index is 0. The summed E-state index contributed by atoms with van der Waals surface area (Å²) < 4.78 is 6.65. The normalized spacial score (nSPS) is 11.1. The van der Waals surface area contributed by atoms with Crippen molar-refractivity contribution in [2.24, 2.45) is 0 Å². The Labute approximate surface area is 246 Å². The number of benzene rings is 3. The average Bonchev–Trinajstić information content (AvgIpc) is 3.38. The van der Waals surface area contributed by atoms with E-state index in [1.54, 1.807) is 18.3 Å². The number of aromatic nitrogens is 2. The molecule has 0 aliphatic rings. The van der Waals surface area contributed by atoms with Crippen LogP contribution >= 0.6 is 24.8 Å². The second kappa shape index (κ2) is 16.4. The fourth-order valence-electron chi connectivity index (χ4n) is 4.08. The number of anilines is 1. The molecule has 1 aromatic heterocycles. The Bertz CT molecular complexity index is 1330. The lowest BCUT2D eigenvalue weighted by atomic mass is 10.1. The number of ether oxygens (including phenoxy) is 1. The number of methoxy groups -OCH3 is 1. The molecule has 1 heterocycles. The standard InChI is InChI=1S/C30H32N4O4.2ClH/c1-38-30(37)25-11-7-23(8-12-25)21-34-18-17-32-28(34)19-29(36)33-26-13-9-22(10-14-26)15-16-31-20-27(35)24-5-3-2-4-6-24;;/h2-14,17-18,27,31,35H,15-16,19-21H2,1H3,(H,33,36);2*1H/t27-;;/m0../s1. The van der Waals surface area contributed by atoms with Gasteiger partial charge >= 0.3 is 5.97 Å². The molecule has 4 rings (SSSR count). The molecule has 0 fully saturated rings. The maximum atomic E-state index is 12.7. The van der Waals surface area contributed by atoms with Gasteiger partial charge in [0, 0.05) is 31.2 Å². The molecular weight excluding hydrogens is 551 g/mol. The molecule has 0 spiro atoms. The number of aliphatic hydroxyl groups is 1. The third-order valence-corrected chi connectivity index (χ3v) is 6.20. The first-order valence-corrected chi connectivity index (χ1v) is 12.5. The second-order valence-corrected chi connectivity index (χ2v) is 8.96. The van der Waals surface area contributed by atoms with Crippen LogP contribution in [0.25, 0.3) is 0 Å². The Morgan fingerprint density at radius 1 is 0.950 bits per heavy atom. The van der Waals surface area contributed by atoms with E-state index < -0.39 is 6.10 Å². The van der Waals surface area contributed by atoms with Gasteiger partial charge < -0.3 is 25.0 Å². The Kier molecular flexibility index (Phi) is 13.4. The van der Waals surface area contributed by atoms with E-state index in [9.17, 15) is 14.7 Å². The number of carbonyl (C=O) groups excluding carboxylic acids is 2. The number of esters is 1. The molecule has 4 aromatic rings. The zero-order valence-electron chi connectivity index (χ0n) is 22.2. The summed E-state index contributed by atoms with van der Waals surface area (Å²) in [6.07, 6.45) is 3.93. The predicted octanol–water partition coefficient (Wildman–Crippen LogP) is 4.61. The van der Waals surface area contributed by atoms with Crippen molar-refractivity contribution >= 4 is 42.4 Å². The number of halogens is 2. The summed E-state index contributed by atoms with van der Waals surface area (Å²) in [5.74, 6) is 0.127. The molecule has 0 aliphatic carbocycles. The molecule has 8 nitrogen and oxygen atoms in total. The average molecular weight is 586 g/mol. The summed E-state index contributed by atoms with van der Waals surface area (Å²) in [7, 11) is 1.35. The Balaban J connectivity index is 0.00000280. The van der Waals surface area contributed by atoms with Crippen LogP contribution in [0.15, 0.2) is 91.3 Å². The lowest BCUT2D eigenvalue weighted by molar-refractivity contribution is -0.115. The number of amides is 1. The molecule has 3 N–H and O–H groups in total.